The maximum absolute atomic E-state index is 12.5. The molecule has 2 aromatic rings. The van der Waals surface area contributed by atoms with Gasteiger partial charge < -0.3 is 15.5 Å². The second-order valence-electron chi connectivity index (χ2n) is 5.66. The molecule has 0 unspecified atom stereocenters. The van der Waals surface area contributed by atoms with Crippen LogP contribution in [0.25, 0.3) is 0 Å². The van der Waals surface area contributed by atoms with Crippen molar-refractivity contribution in [1.29, 1.82) is 0 Å². The number of Topliss-reactive ketones (excluding diaryl/α,β-unsaturated/α-hetero) is 1. The van der Waals surface area contributed by atoms with Gasteiger partial charge in [0.05, 0.1) is 5.56 Å². The van der Waals surface area contributed by atoms with E-state index in [9.17, 15) is 9.59 Å². The molecule has 0 radical (unpaired) electrons. The normalized spacial score (nSPS) is 13.8. The minimum absolute atomic E-state index is 0.0571. The van der Waals surface area contributed by atoms with Crippen molar-refractivity contribution in [2.24, 2.45) is 0 Å². The maximum Gasteiger partial charge on any atom is 0.291 e. The minimum atomic E-state index is -0.353. The quantitative estimate of drug-likeness (QED) is 0.833. The van der Waals surface area contributed by atoms with Crippen molar-refractivity contribution in [3.05, 3.63) is 46.4 Å². The van der Waals surface area contributed by atoms with Crippen LogP contribution in [0.5, 0.6) is 0 Å². The number of rotatable bonds is 2. The first-order chi connectivity index (χ1) is 10.5. The third-order valence-corrected chi connectivity index (χ3v) is 4.02. The molecule has 1 heterocycles. The second kappa shape index (κ2) is 5.33. The number of nitrogens with one attached hydrogen (secondary N) is 1. The topological polar surface area (TPSA) is 85.3 Å². The molecule has 0 atom stereocenters. The number of carbonyl (C=O) groups is 2. The summed E-state index contributed by atoms with van der Waals surface area (Å²) >= 11 is 0. The Morgan fingerprint density at radius 3 is 2.77 bits per heavy atom. The lowest BCUT2D eigenvalue weighted by Crippen LogP contribution is -2.14. The summed E-state index contributed by atoms with van der Waals surface area (Å²) in [7, 11) is 0. The summed E-state index contributed by atoms with van der Waals surface area (Å²) < 4.78 is 5.65. The van der Waals surface area contributed by atoms with Gasteiger partial charge in [-0.1, -0.05) is 6.07 Å². The molecule has 3 rings (SSSR count). The van der Waals surface area contributed by atoms with E-state index in [1.54, 1.807) is 19.1 Å². The second-order valence-corrected chi connectivity index (χ2v) is 5.66. The average molecular weight is 298 g/mol. The highest BCUT2D eigenvalue weighted by Crippen LogP contribution is 2.30. The van der Waals surface area contributed by atoms with Gasteiger partial charge in [-0.05, 0) is 38.0 Å². The first-order valence-corrected chi connectivity index (χ1v) is 7.30. The SMILES string of the molecule is Cc1ccc(N)cc1NC(=O)c1oc2c(c1C)C(=O)CCC2. The molecule has 0 saturated heterocycles. The molecule has 0 spiro atoms. The lowest BCUT2D eigenvalue weighted by molar-refractivity contribution is 0.0963. The standard InChI is InChI=1S/C17H18N2O3/c1-9-6-7-11(18)8-12(9)19-17(21)16-10(2)15-13(20)4-3-5-14(15)22-16/h6-8H,3-5,18H2,1-2H3,(H,19,21). The fourth-order valence-corrected chi connectivity index (χ4v) is 2.82. The molecule has 3 N–H and O–H groups in total. The Balaban J connectivity index is 1.93. The average Bonchev–Trinajstić information content (AvgIpc) is 2.81. The number of hydrogen-bond acceptors (Lipinski definition) is 4. The Kier molecular flexibility index (Phi) is 3.48. The van der Waals surface area contributed by atoms with Gasteiger partial charge >= 0.3 is 0 Å². The number of anilines is 2. The number of furan rings is 1. The van der Waals surface area contributed by atoms with Gasteiger partial charge in [0.2, 0.25) is 0 Å². The van der Waals surface area contributed by atoms with Crippen molar-refractivity contribution in [2.75, 3.05) is 11.1 Å². The van der Waals surface area contributed by atoms with Crippen molar-refractivity contribution >= 4 is 23.1 Å². The molecule has 5 heteroatoms. The molecule has 22 heavy (non-hydrogen) atoms. The van der Waals surface area contributed by atoms with Crippen LogP contribution in [-0.4, -0.2) is 11.7 Å². The van der Waals surface area contributed by atoms with Crippen molar-refractivity contribution in [2.45, 2.75) is 33.1 Å². The maximum atomic E-state index is 12.5. The van der Waals surface area contributed by atoms with Crippen LogP contribution in [0.15, 0.2) is 22.6 Å². The number of nitrogens with two attached hydrogens (primary N) is 1. The van der Waals surface area contributed by atoms with Crippen LogP contribution in [0.1, 0.15) is 50.6 Å². The lowest BCUT2D eigenvalue weighted by Gasteiger charge is -2.08. The molecule has 1 aromatic carbocycles. The number of aryl methyl sites for hydroxylation is 2. The number of carbonyl (C=O) groups excluding carboxylic acids is 2. The molecule has 1 aliphatic carbocycles. The number of benzene rings is 1. The molecule has 5 nitrogen and oxygen atoms in total. The Morgan fingerprint density at radius 1 is 1.27 bits per heavy atom. The molecule has 0 saturated carbocycles. The molecule has 1 aliphatic rings. The van der Waals surface area contributed by atoms with Gasteiger partial charge in [-0.25, -0.2) is 0 Å². The van der Waals surface area contributed by atoms with E-state index in [2.05, 4.69) is 5.32 Å². The molecular formula is C17H18N2O3. The zero-order chi connectivity index (χ0) is 15.9. The van der Waals surface area contributed by atoms with Crippen LogP contribution in [0.2, 0.25) is 0 Å². The molecule has 0 bridgehead atoms. The van der Waals surface area contributed by atoms with Crippen molar-refractivity contribution < 1.29 is 14.0 Å². The summed E-state index contributed by atoms with van der Waals surface area (Å²) in [6.45, 7) is 3.64. The molecule has 0 fully saturated rings. The van der Waals surface area contributed by atoms with E-state index in [-0.39, 0.29) is 17.5 Å². The molecule has 114 valence electrons. The number of nitrogen functional groups attached to an aromatic ring is 1. The van der Waals surface area contributed by atoms with Gasteiger partial charge in [0.25, 0.3) is 5.91 Å². The first kappa shape index (κ1) is 14.4. The van der Waals surface area contributed by atoms with Crippen LogP contribution < -0.4 is 11.1 Å². The zero-order valence-corrected chi connectivity index (χ0v) is 12.7. The number of amides is 1. The van der Waals surface area contributed by atoms with E-state index in [4.69, 9.17) is 10.2 Å². The minimum Gasteiger partial charge on any atom is -0.455 e. The lowest BCUT2D eigenvalue weighted by atomic mass is 9.94. The van der Waals surface area contributed by atoms with Crippen LogP contribution in [0, 0.1) is 13.8 Å². The van der Waals surface area contributed by atoms with E-state index in [1.165, 1.54) is 0 Å². The fourth-order valence-electron chi connectivity index (χ4n) is 2.82. The van der Waals surface area contributed by atoms with Gasteiger partial charge in [0.1, 0.15) is 5.76 Å². The van der Waals surface area contributed by atoms with Gasteiger partial charge in [-0.2, -0.15) is 0 Å². The van der Waals surface area contributed by atoms with Crippen LogP contribution in [0.3, 0.4) is 0 Å². The zero-order valence-electron chi connectivity index (χ0n) is 12.7. The van der Waals surface area contributed by atoms with Crippen LogP contribution in [0.4, 0.5) is 11.4 Å². The van der Waals surface area contributed by atoms with Gasteiger partial charge in [0.15, 0.2) is 11.5 Å². The number of fused-ring (bicyclic) bond motifs is 1. The smallest absolute Gasteiger partial charge is 0.291 e. The summed E-state index contributed by atoms with van der Waals surface area (Å²) in [6.07, 6.45) is 1.99. The Hall–Kier alpha value is -2.56. The van der Waals surface area contributed by atoms with E-state index < -0.39 is 0 Å². The van der Waals surface area contributed by atoms with Crippen LogP contribution in [-0.2, 0) is 6.42 Å². The summed E-state index contributed by atoms with van der Waals surface area (Å²) in [4.78, 5) is 24.5. The summed E-state index contributed by atoms with van der Waals surface area (Å²) in [5, 5.41) is 2.81. The molecule has 0 aliphatic heterocycles. The van der Waals surface area contributed by atoms with E-state index >= 15 is 0 Å². The van der Waals surface area contributed by atoms with Gasteiger partial charge in [0, 0.05) is 29.8 Å². The van der Waals surface area contributed by atoms with Crippen molar-refractivity contribution in [1.82, 2.24) is 0 Å². The van der Waals surface area contributed by atoms with Crippen LogP contribution >= 0.6 is 0 Å². The van der Waals surface area contributed by atoms with Crippen molar-refractivity contribution in [3.63, 3.8) is 0 Å². The first-order valence-electron chi connectivity index (χ1n) is 7.30. The molecular weight excluding hydrogens is 280 g/mol. The molecule has 1 aromatic heterocycles. The monoisotopic (exact) mass is 298 g/mol. The Morgan fingerprint density at radius 2 is 2.05 bits per heavy atom. The third-order valence-electron chi connectivity index (χ3n) is 4.02. The van der Waals surface area contributed by atoms with Gasteiger partial charge in [-0.15, -0.1) is 0 Å². The number of ketones is 1. The summed E-state index contributed by atoms with van der Waals surface area (Å²) in [5.74, 6) is 0.542. The fraction of sp³-hybridized carbons (Fsp3) is 0.294. The predicted octanol–water partition coefficient (Wildman–Crippen LogP) is 3.25. The third kappa shape index (κ3) is 2.39. The highest BCUT2D eigenvalue weighted by molar-refractivity contribution is 6.07. The Bertz CT molecular complexity index is 774. The summed E-state index contributed by atoms with van der Waals surface area (Å²) in [6, 6.07) is 5.32. The Labute approximate surface area is 128 Å². The van der Waals surface area contributed by atoms with Gasteiger partial charge in [-0.3, -0.25) is 9.59 Å². The molecule has 1 amide bonds. The highest BCUT2D eigenvalue weighted by atomic mass is 16.4. The highest BCUT2D eigenvalue weighted by Gasteiger charge is 2.28. The predicted molar refractivity (Wildman–Crippen MR) is 84.3 cm³/mol. The largest absolute Gasteiger partial charge is 0.455 e. The number of hydrogen-bond donors (Lipinski definition) is 2. The summed E-state index contributed by atoms with van der Waals surface area (Å²) in [5.41, 5.74) is 9.09. The van der Waals surface area contributed by atoms with Crippen molar-refractivity contribution in [3.8, 4) is 0 Å². The van der Waals surface area contributed by atoms with E-state index in [0.717, 1.165) is 12.0 Å². The van der Waals surface area contributed by atoms with E-state index in [0.29, 0.717) is 41.1 Å². The van der Waals surface area contributed by atoms with E-state index in [1.807, 2.05) is 13.0 Å².